The quantitative estimate of drug-likeness (QED) is 0.648. The second kappa shape index (κ2) is 7.66. The lowest BCUT2D eigenvalue weighted by molar-refractivity contribution is -0.142. The first-order valence-corrected chi connectivity index (χ1v) is 6.72. The van der Waals surface area contributed by atoms with Gasteiger partial charge in [-0.2, -0.15) is 0 Å². The number of carboxylic acid groups (broad SMARTS) is 1. The van der Waals surface area contributed by atoms with E-state index >= 15 is 0 Å². The summed E-state index contributed by atoms with van der Waals surface area (Å²) in [5, 5.41) is 9.01. The molecule has 16 heavy (non-hydrogen) atoms. The van der Waals surface area contributed by atoms with Crippen molar-refractivity contribution in [3.05, 3.63) is 0 Å². The smallest absolute Gasteiger partial charge is 0.320 e. The highest BCUT2D eigenvalue weighted by atomic mass is 16.4. The van der Waals surface area contributed by atoms with Crippen molar-refractivity contribution >= 4 is 5.97 Å². The standard InChI is InChI=1S/C13H25NO2/c1-2-3-4-5-6-7-10-14-11-8-9-12(14)13(15)16/h12H,2-11H2,1H3,(H,15,16)/t12-/m0/s1. The maximum atomic E-state index is 10.9. The topological polar surface area (TPSA) is 40.5 Å². The molecule has 1 fully saturated rings. The van der Waals surface area contributed by atoms with Crippen molar-refractivity contribution in [1.82, 2.24) is 4.90 Å². The van der Waals surface area contributed by atoms with Crippen molar-refractivity contribution < 1.29 is 9.90 Å². The van der Waals surface area contributed by atoms with Crippen molar-refractivity contribution in [1.29, 1.82) is 0 Å². The third-order valence-corrected chi connectivity index (χ3v) is 3.45. The second-order valence-corrected chi connectivity index (χ2v) is 4.80. The van der Waals surface area contributed by atoms with E-state index in [0.717, 1.165) is 32.4 Å². The number of carbonyl (C=O) groups is 1. The molecule has 0 radical (unpaired) electrons. The molecular weight excluding hydrogens is 202 g/mol. The Morgan fingerprint density at radius 2 is 1.94 bits per heavy atom. The van der Waals surface area contributed by atoms with Crippen LogP contribution in [0.15, 0.2) is 0 Å². The summed E-state index contributed by atoms with van der Waals surface area (Å²) in [4.78, 5) is 13.1. The number of hydrogen-bond donors (Lipinski definition) is 1. The molecule has 1 N–H and O–H groups in total. The van der Waals surface area contributed by atoms with E-state index in [1.165, 1.54) is 32.1 Å². The molecule has 0 spiro atoms. The van der Waals surface area contributed by atoms with Gasteiger partial charge in [-0.3, -0.25) is 9.69 Å². The van der Waals surface area contributed by atoms with Gasteiger partial charge in [0.05, 0.1) is 0 Å². The van der Waals surface area contributed by atoms with Crippen LogP contribution in [0.1, 0.15) is 58.3 Å². The zero-order valence-corrected chi connectivity index (χ0v) is 10.5. The van der Waals surface area contributed by atoms with Crippen LogP contribution in [0.4, 0.5) is 0 Å². The van der Waals surface area contributed by atoms with Gasteiger partial charge in [0, 0.05) is 0 Å². The zero-order valence-electron chi connectivity index (χ0n) is 10.5. The van der Waals surface area contributed by atoms with Crippen LogP contribution in [0.2, 0.25) is 0 Å². The van der Waals surface area contributed by atoms with Gasteiger partial charge < -0.3 is 5.11 Å². The van der Waals surface area contributed by atoms with E-state index in [-0.39, 0.29) is 6.04 Å². The van der Waals surface area contributed by atoms with Crippen molar-refractivity contribution in [2.45, 2.75) is 64.3 Å². The molecule has 1 aliphatic rings. The zero-order chi connectivity index (χ0) is 11.8. The minimum atomic E-state index is -0.636. The normalized spacial score (nSPS) is 21.4. The van der Waals surface area contributed by atoms with E-state index in [2.05, 4.69) is 11.8 Å². The fourth-order valence-electron chi connectivity index (χ4n) is 2.47. The molecule has 1 heterocycles. The summed E-state index contributed by atoms with van der Waals surface area (Å²) in [6, 6.07) is -0.198. The van der Waals surface area contributed by atoms with Crippen LogP contribution in [-0.2, 0) is 4.79 Å². The molecule has 0 aromatic carbocycles. The van der Waals surface area contributed by atoms with E-state index in [0.29, 0.717) is 0 Å². The molecule has 0 saturated carbocycles. The highest BCUT2D eigenvalue weighted by Crippen LogP contribution is 2.18. The van der Waals surface area contributed by atoms with Gasteiger partial charge in [-0.1, -0.05) is 39.0 Å². The summed E-state index contributed by atoms with van der Waals surface area (Å²) in [5.74, 6) is -0.636. The fourth-order valence-corrected chi connectivity index (χ4v) is 2.47. The van der Waals surface area contributed by atoms with Gasteiger partial charge >= 0.3 is 5.97 Å². The molecule has 0 aliphatic carbocycles. The van der Waals surface area contributed by atoms with Gasteiger partial charge in [-0.25, -0.2) is 0 Å². The molecule has 0 aromatic rings. The Kier molecular flexibility index (Phi) is 6.46. The molecule has 1 atom stereocenters. The number of rotatable bonds is 8. The predicted molar refractivity (Wildman–Crippen MR) is 65.6 cm³/mol. The Hall–Kier alpha value is -0.570. The van der Waals surface area contributed by atoms with Crippen LogP contribution >= 0.6 is 0 Å². The van der Waals surface area contributed by atoms with E-state index in [1.54, 1.807) is 0 Å². The van der Waals surface area contributed by atoms with E-state index in [9.17, 15) is 4.79 Å². The number of carboxylic acids is 1. The van der Waals surface area contributed by atoms with Crippen molar-refractivity contribution in [2.75, 3.05) is 13.1 Å². The molecule has 3 heteroatoms. The highest BCUT2D eigenvalue weighted by Gasteiger charge is 2.29. The van der Waals surface area contributed by atoms with Gasteiger partial charge in [0.2, 0.25) is 0 Å². The average molecular weight is 227 g/mol. The molecular formula is C13H25NO2. The Balaban J connectivity index is 2.05. The van der Waals surface area contributed by atoms with Crippen LogP contribution in [0.25, 0.3) is 0 Å². The maximum Gasteiger partial charge on any atom is 0.320 e. The minimum Gasteiger partial charge on any atom is -0.480 e. The number of likely N-dealkylation sites (tertiary alicyclic amines) is 1. The minimum absolute atomic E-state index is 0.198. The molecule has 1 aliphatic heterocycles. The summed E-state index contributed by atoms with van der Waals surface area (Å²) in [6.45, 7) is 4.18. The largest absolute Gasteiger partial charge is 0.480 e. The second-order valence-electron chi connectivity index (χ2n) is 4.80. The Labute approximate surface area is 98.8 Å². The average Bonchev–Trinajstić information content (AvgIpc) is 2.71. The van der Waals surface area contributed by atoms with E-state index in [1.807, 2.05) is 0 Å². The van der Waals surface area contributed by atoms with Crippen molar-refractivity contribution in [2.24, 2.45) is 0 Å². The van der Waals surface area contributed by atoms with Crippen molar-refractivity contribution in [3.63, 3.8) is 0 Å². The van der Waals surface area contributed by atoms with Gasteiger partial charge in [0.25, 0.3) is 0 Å². The van der Waals surface area contributed by atoms with Gasteiger partial charge in [0.1, 0.15) is 6.04 Å². The summed E-state index contributed by atoms with van der Waals surface area (Å²) < 4.78 is 0. The SMILES string of the molecule is CCCCCCCCN1CCC[C@H]1C(=O)O. The molecule has 0 unspecified atom stereocenters. The summed E-state index contributed by atoms with van der Waals surface area (Å²) in [5.41, 5.74) is 0. The summed E-state index contributed by atoms with van der Waals surface area (Å²) in [6.07, 6.45) is 9.56. The first-order chi connectivity index (χ1) is 7.75. The van der Waals surface area contributed by atoms with Gasteiger partial charge in [-0.15, -0.1) is 0 Å². The highest BCUT2D eigenvalue weighted by molar-refractivity contribution is 5.73. The molecule has 0 amide bonds. The lowest BCUT2D eigenvalue weighted by Crippen LogP contribution is -2.36. The number of aliphatic carboxylic acids is 1. The Bertz CT molecular complexity index is 206. The van der Waals surface area contributed by atoms with Crippen LogP contribution in [0.3, 0.4) is 0 Å². The van der Waals surface area contributed by atoms with Crippen molar-refractivity contribution in [3.8, 4) is 0 Å². The summed E-state index contributed by atoms with van der Waals surface area (Å²) in [7, 11) is 0. The number of unbranched alkanes of at least 4 members (excludes halogenated alkanes) is 5. The predicted octanol–water partition coefficient (Wildman–Crippen LogP) is 2.90. The molecule has 1 saturated heterocycles. The number of hydrogen-bond acceptors (Lipinski definition) is 2. The van der Waals surface area contributed by atoms with Crippen LogP contribution < -0.4 is 0 Å². The van der Waals surface area contributed by atoms with E-state index in [4.69, 9.17) is 5.11 Å². The molecule has 0 aromatic heterocycles. The third-order valence-electron chi connectivity index (χ3n) is 3.45. The molecule has 94 valence electrons. The molecule has 1 rings (SSSR count). The fraction of sp³-hybridized carbons (Fsp3) is 0.923. The molecule has 3 nitrogen and oxygen atoms in total. The van der Waals surface area contributed by atoms with Crippen LogP contribution in [-0.4, -0.2) is 35.1 Å². The van der Waals surface area contributed by atoms with Crippen LogP contribution in [0.5, 0.6) is 0 Å². The van der Waals surface area contributed by atoms with E-state index < -0.39 is 5.97 Å². The monoisotopic (exact) mass is 227 g/mol. The van der Waals surface area contributed by atoms with Crippen LogP contribution in [0, 0.1) is 0 Å². The van der Waals surface area contributed by atoms with Gasteiger partial charge in [-0.05, 0) is 32.4 Å². The first-order valence-electron chi connectivity index (χ1n) is 6.72. The summed E-state index contributed by atoms with van der Waals surface area (Å²) >= 11 is 0. The Morgan fingerprint density at radius 3 is 2.62 bits per heavy atom. The van der Waals surface area contributed by atoms with Gasteiger partial charge in [0.15, 0.2) is 0 Å². The lowest BCUT2D eigenvalue weighted by atomic mass is 10.1. The maximum absolute atomic E-state index is 10.9. The molecule has 0 bridgehead atoms. The number of nitrogens with zero attached hydrogens (tertiary/aromatic N) is 1. The third kappa shape index (κ3) is 4.52. The Morgan fingerprint density at radius 1 is 1.25 bits per heavy atom. The first kappa shape index (κ1) is 13.5. The lowest BCUT2D eigenvalue weighted by Gasteiger charge is -2.20.